The van der Waals surface area contributed by atoms with Crippen molar-refractivity contribution in [3.8, 4) is 0 Å². The van der Waals surface area contributed by atoms with Crippen molar-refractivity contribution in [2.75, 3.05) is 6.54 Å². The highest BCUT2D eigenvalue weighted by atomic mass is 15.3. The van der Waals surface area contributed by atoms with Gasteiger partial charge in [-0.3, -0.25) is 4.68 Å². The lowest BCUT2D eigenvalue weighted by Crippen LogP contribution is -2.38. The lowest BCUT2D eigenvalue weighted by molar-refractivity contribution is 0.321. The Morgan fingerprint density at radius 1 is 1.22 bits per heavy atom. The van der Waals surface area contributed by atoms with Gasteiger partial charge in [0.15, 0.2) is 0 Å². The molecule has 0 fully saturated rings. The van der Waals surface area contributed by atoms with Gasteiger partial charge >= 0.3 is 0 Å². The molecule has 3 heteroatoms. The van der Waals surface area contributed by atoms with Gasteiger partial charge < -0.3 is 5.32 Å². The van der Waals surface area contributed by atoms with Crippen LogP contribution in [0.4, 0.5) is 0 Å². The van der Waals surface area contributed by atoms with Crippen LogP contribution in [0.3, 0.4) is 0 Å². The number of hydrogen-bond acceptors (Lipinski definition) is 2. The Hall–Kier alpha value is -0.830. The smallest absolute Gasteiger partial charge is 0.0628 e. The minimum atomic E-state index is 0.516. The second kappa shape index (κ2) is 6.93. The lowest BCUT2D eigenvalue weighted by atomic mass is 9.99. The van der Waals surface area contributed by atoms with E-state index >= 15 is 0 Å². The fourth-order valence-corrected chi connectivity index (χ4v) is 2.60. The summed E-state index contributed by atoms with van der Waals surface area (Å²) in [6.07, 6.45) is 2.28. The summed E-state index contributed by atoms with van der Waals surface area (Å²) in [5.74, 6) is 0.680. The average molecular weight is 251 g/mol. The van der Waals surface area contributed by atoms with Crippen LogP contribution in [0.25, 0.3) is 0 Å². The standard InChI is InChI=1S/C15H29N3/c1-7-11(4)15(16-9-3)10-18-13(6)14(8-2)12(5)17-18/h11,15-16H,7-10H2,1-6H3. The monoisotopic (exact) mass is 251 g/mol. The molecular weight excluding hydrogens is 222 g/mol. The fourth-order valence-electron chi connectivity index (χ4n) is 2.60. The summed E-state index contributed by atoms with van der Waals surface area (Å²) in [7, 11) is 0. The average Bonchev–Trinajstić information content (AvgIpc) is 2.62. The molecule has 3 nitrogen and oxygen atoms in total. The van der Waals surface area contributed by atoms with Gasteiger partial charge in [0.25, 0.3) is 0 Å². The van der Waals surface area contributed by atoms with Crippen LogP contribution >= 0.6 is 0 Å². The van der Waals surface area contributed by atoms with Crippen molar-refractivity contribution in [2.24, 2.45) is 5.92 Å². The SMILES string of the molecule is CCNC(Cn1nc(C)c(CC)c1C)C(C)CC. The van der Waals surface area contributed by atoms with Gasteiger partial charge in [0.2, 0.25) is 0 Å². The molecule has 0 radical (unpaired) electrons. The molecule has 0 amide bonds. The quantitative estimate of drug-likeness (QED) is 0.807. The molecule has 0 aliphatic carbocycles. The summed E-state index contributed by atoms with van der Waals surface area (Å²) in [6, 6.07) is 0.516. The molecule has 0 saturated carbocycles. The topological polar surface area (TPSA) is 29.9 Å². The van der Waals surface area contributed by atoms with E-state index in [0.29, 0.717) is 12.0 Å². The molecule has 0 aliphatic heterocycles. The molecular formula is C15H29N3. The molecule has 0 spiro atoms. The number of nitrogens with one attached hydrogen (secondary N) is 1. The number of aromatic nitrogens is 2. The van der Waals surface area contributed by atoms with E-state index in [0.717, 1.165) is 19.5 Å². The first-order valence-electron chi connectivity index (χ1n) is 7.31. The van der Waals surface area contributed by atoms with E-state index in [-0.39, 0.29) is 0 Å². The number of hydrogen-bond donors (Lipinski definition) is 1. The minimum Gasteiger partial charge on any atom is -0.312 e. The molecule has 0 aromatic carbocycles. The number of likely N-dealkylation sites (N-methyl/N-ethyl adjacent to an activating group) is 1. The highest BCUT2D eigenvalue weighted by Gasteiger charge is 2.18. The Balaban J connectivity index is 2.87. The maximum absolute atomic E-state index is 4.70. The summed E-state index contributed by atoms with van der Waals surface area (Å²) >= 11 is 0. The van der Waals surface area contributed by atoms with E-state index in [1.807, 2.05) is 0 Å². The van der Waals surface area contributed by atoms with Crippen molar-refractivity contribution in [1.29, 1.82) is 0 Å². The molecule has 104 valence electrons. The Kier molecular flexibility index (Phi) is 5.86. The zero-order chi connectivity index (χ0) is 13.7. The van der Waals surface area contributed by atoms with Crippen LogP contribution in [0.5, 0.6) is 0 Å². The van der Waals surface area contributed by atoms with Crippen molar-refractivity contribution >= 4 is 0 Å². The lowest BCUT2D eigenvalue weighted by Gasteiger charge is -2.24. The summed E-state index contributed by atoms with van der Waals surface area (Å²) in [5.41, 5.74) is 3.94. The van der Waals surface area contributed by atoms with E-state index in [1.54, 1.807) is 0 Å². The maximum Gasteiger partial charge on any atom is 0.0628 e. The summed E-state index contributed by atoms with van der Waals surface area (Å²) in [4.78, 5) is 0. The van der Waals surface area contributed by atoms with E-state index < -0.39 is 0 Å². The second-order valence-corrected chi connectivity index (χ2v) is 5.23. The fraction of sp³-hybridized carbons (Fsp3) is 0.800. The van der Waals surface area contributed by atoms with Crippen LogP contribution in [0.1, 0.15) is 51.1 Å². The first kappa shape index (κ1) is 15.2. The van der Waals surface area contributed by atoms with E-state index in [4.69, 9.17) is 5.10 Å². The molecule has 0 saturated heterocycles. The molecule has 2 atom stereocenters. The van der Waals surface area contributed by atoms with Crippen molar-refractivity contribution in [3.63, 3.8) is 0 Å². The first-order chi connectivity index (χ1) is 8.54. The van der Waals surface area contributed by atoms with Crippen molar-refractivity contribution < 1.29 is 0 Å². The van der Waals surface area contributed by atoms with Crippen LogP contribution in [0.2, 0.25) is 0 Å². The highest BCUT2D eigenvalue weighted by molar-refractivity contribution is 5.24. The predicted molar refractivity (Wildman–Crippen MR) is 78.0 cm³/mol. The zero-order valence-corrected chi connectivity index (χ0v) is 12.9. The summed E-state index contributed by atoms with van der Waals surface area (Å²) < 4.78 is 2.19. The molecule has 0 bridgehead atoms. The Bertz CT molecular complexity index is 368. The molecule has 0 aliphatic rings. The van der Waals surface area contributed by atoms with Gasteiger partial charge in [0.1, 0.15) is 0 Å². The van der Waals surface area contributed by atoms with Crippen LogP contribution in [0, 0.1) is 19.8 Å². The molecule has 2 unspecified atom stereocenters. The van der Waals surface area contributed by atoms with E-state index in [2.05, 4.69) is 51.5 Å². The van der Waals surface area contributed by atoms with Crippen LogP contribution in [-0.2, 0) is 13.0 Å². The minimum absolute atomic E-state index is 0.516. The van der Waals surface area contributed by atoms with Gasteiger partial charge in [-0.15, -0.1) is 0 Å². The van der Waals surface area contributed by atoms with Crippen molar-refractivity contribution in [1.82, 2.24) is 15.1 Å². The highest BCUT2D eigenvalue weighted by Crippen LogP contribution is 2.16. The largest absolute Gasteiger partial charge is 0.312 e. The third-order valence-electron chi connectivity index (χ3n) is 4.05. The van der Waals surface area contributed by atoms with E-state index in [9.17, 15) is 0 Å². The van der Waals surface area contributed by atoms with Crippen LogP contribution in [-0.4, -0.2) is 22.4 Å². The number of rotatable bonds is 7. The summed E-state index contributed by atoms with van der Waals surface area (Å²) in [5, 5.41) is 8.29. The van der Waals surface area contributed by atoms with Gasteiger partial charge in [0, 0.05) is 11.7 Å². The van der Waals surface area contributed by atoms with Gasteiger partial charge in [-0.05, 0) is 38.3 Å². The Labute approximate surface area is 112 Å². The molecule has 1 heterocycles. The first-order valence-corrected chi connectivity index (χ1v) is 7.31. The number of nitrogens with zero attached hydrogens (tertiary/aromatic N) is 2. The van der Waals surface area contributed by atoms with Crippen molar-refractivity contribution in [3.05, 3.63) is 17.0 Å². The Morgan fingerprint density at radius 2 is 1.89 bits per heavy atom. The van der Waals surface area contributed by atoms with Gasteiger partial charge in [0.05, 0.1) is 12.2 Å². The Morgan fingerprint density at radius 3 is 2.33 bits per heavy atom. The normalized spacial score (nSPS) is 14.8. The third kappa shape index (κ3) is 3.35. The zero-order valence-electron chi connectivity index (χ0n) is 12.9. The molecule has 1 rings (SSSR count). The van der Waals surface area contributed by atoms with Crippen LogP contribution < -0.4 is 5.32 Å². The molecule has 18 heavy (non-hydrogen) atoms. The van der Waals surface area contributed by atoms with Gasteiger partial charge in [-0.1, -0.05) is 34.1 Å². The van der Waals surface area contributed by atoms with Gasteiger partial charge in [-0.2, -0.15) is 5.10 Å². The maximum atomic E-state index is 4.70. The molecule has 1 aromatic heterocycles. The predicted octanol–water partition coefficient (Wildman–Crippen LogP) is 3.09. The number of aryl methyl sites for hydroxylation is 1. The second-order valence-electron chi connectivity index (χ2n) is 5.23. The molecule has 1 aromatic rings. The van der Waals surface area contributed by atoms with Gasteiger partial charge in [-0.25, -0.2) is 0 Å². The third-order valence-corrected chi connectivity index (χ3v) is 4.05. The van der Waals surface area contributed by atoms with E-state index in [1.165, 1.54) is 23.4 Å². The molecule has 1 N–H and O–H groups in total. The van der Waals surface area contributed by atoms with Crippen molar-refractivity contribution in [2.45, 2.75) is 67.0 Å². The van der Waals surface area contributed by atoms with Crippen LogP contribution in [0.15, 0.2) is 0 Å². The summed E-state index contributed by atoms with van der Waals surface area (Å²) in [6.45, 7) is 15.3.